The summed E-state index contributed by atoms with van der Waals surface area (Å²) in [5.41, 5.74) is 0.323. The Bertz CT molecular complexity index is 727. The van der Waals surface area contributed by atoms with Gasteiger partial charge in [0.1, 0.15) is 21.7 Å². The van der Waals surface area contributed by atoms with Crippen LogP contribution in [-0.2, 0) is 4.79 Å². The summed E-state index contributed by atoms with van der Waals surface area (Å²) >= 11 is 1.04. The Hall–Kier alpha value is -2.28. The molecule has 22 heavy (non-hydrogen) atoms. The van der Waals surface area contributed by atoms with Crippen molar-refractivity contribution in [1.29, 1.82) is 0 Å². The van der Waals surface area contributed by atoms with Crippen molar-refractivity contribution < 1.29 is 19.1 Å². The molecule has 0 spiro atoms. The van der Waals surface area contributed by atoms with Crippen LogP contribution in [0.15, 0.2) is 30.5 Å². The lowest BCUT2D eigenvalue weighted by Gasteiger charge is -2.12. The second-order valence-corrected chi connectivity index (χ2v) is 6.17. The Kier molecular flexibility index (Phi) is 3.89. The van der Waals surface area contributed by atoms with Gasteiger partial charge in [0.2, 0.25) is 0 Å². The SMILES string of the molecule is O=C(NC(C(=O)O)C1CC1)c1cnc(-c2ccccc2F)s1. The fraction of sp³-hybridized carbons (Fsp3) is 0.267. The van der Waals surface area contributed by atoms with E-state index in [-0.39, 0.29) is 10.8 Å². The first-order chi connectivity index (χ1) is 10.6. The first kappa shape index (κ1) is 14.6. The van der Waals surface area contributed by atoms with Gasteiger partial charge >= 0.3 is 5.97 Å². The number of carbonyl (C=O) groups is 2. The monoisotopic (exact) mass is 320 g/mol. The Morgan fingerprint density at radius 1 is 1.36 bits per heavy atom. The molecule has 1 aliphatic carbocycles. The van der Waals surface area contributed by atoms with E-state index in [9.17, 15) is 14.0 Å². The third-order valence-corrected chi connectivity index (χ3v) is 4.51. The van der Waals surface area contributed by atoms with Crippen molar-refractivity contribution in [2.75, 3.05) is 0 Å². The van der Waals surface area contributed by atoms with Gasteiger partial charge in [0.15, 0.2) is 0 Å². The maximum absolute atomic E-state index is 13.7. The third-order valence-electron chi connectivity index (χ3n) is 3.48. The van der Waals surface area contributed by atoms with Crippen LogP contribution in [0.5, 0.6) is 0 Å². The first-order valence-electron chi connectivity index (χ1n) is 6.80. The van der Waals surface area contributed by atoms with Crippen LogP contribution < -0.4 is 5.32 Å². The van der Waals surface area contributed by atoms with Crippen molar-refractivity contribution >= 4 is 23.2 Å². The maximum Gasteiger partial charge on any atom is 0.326 e. The van der Waals surface area contributed by atoms with Crippen LogP contribution in [0, 0.1) is 11.7 Å². The summed E-state index contributed by atoms with van der Waals surface area (Å²) in [6, 6.07) is 5.30. The lowest BCUT2D eigenvalue weighted by molar-refractivity contribution is -0.139. The zero-order chi connectivity index (χ0) is 15.7. The van der Waals surface area contributed by atoms with Gasteiger partial charge in [-0.05, 0) is 30.9 Å². The van der Waals surface area contributed by atoms with Crippen LogP contribution in [0.2, 0.25) is 0 Å². The number of carboxylic acid groups (broad SMARTS) is 1. The minimum absolute atomic E-state index is 0.000379. The molecule has 1 atom stereocenters. The lowest BCUT2D eigenvalue weighted by Crippen LogP contribution is -2.42. The normalized spacial score (nSPS) is 15.3. The molecule has 1 heterocycles. The molecule has 1 unspecified atom stereocenters. The predicted octanol–water partition coefficient (Wildman–Crippen LogP) is 2.54. The van der Waals surface area contributed by atoms with E-state index >= 15 is 0 Å². The largest absolute Gasteiger partial charge is 0.480 e. The number of aromatic nitrogens is 1. The average molecular weight is 320 g/mol. The van der Waals surface area contributed by atoms with E-state index < -0.39 is 23.7 Å². The van der Waals surface area contributed by atoms with Crippen LogP contribution in [0.4, 0.5) is 4.39 Å². The van der Waals surface area contributed by atoms with Gasteiger partial charge in [0.05, 0.1) is 6.20 Å². The van der Waals surface area contributed by atoms with Crippen molar-refractivity contribution in [2.24, 2.45) is 5.92 Å². The van der Waals surface area contributed by atoms with Gasteiger partial charge in [-0.15, -0.1) is 11.3 Å². The minimum Gasteiger partial charge on any atom is -0.480 e. The zero-order valence-corrected chi connectivity index (χ0v) is 12.3. The molecule has 7 heteroatoms. The summed E-state index contributed by atoms with van der Waals surface area (Å²) in [6.07, 6.45) is 2.95. The van der Waals surface area contributed by atoms with Gasteiger partial charge < -0.3 is 10.4 Å². The van der Waals surface area contributed by atoms with E-state index in [1.807, 2.05) is 0 Å². The number of thiazole rings is 1. The molecular weight excluding hydrogens is 307 g/mol. The molecule has 3 rings (SSSR count). The van der Waals surface area contributed by atoms with Crippen LogP contribution in [0.3, 0.4) is 0 Å². The van der Waals surface area contributed by atoms with Gasteiger partial charge in [-0.2, -0.15) is 0 Å². The number of aliphatic carboxylic acids is 1. The number of hydrogen-bond donors (Lipinski definition) is 2. The lowest BCUT2D eigenvalue weighted by atomic mass is 10.2. The molecule has 2 N–H and O–H groups in total. The van der Waals surface area contributed by atoms with Gasteiger partial charge in [-0.25, -0.2) is 14.2 Å². The molecule has 1 saturated carbocycles. The quantitative estimate of drug-likeness (QED) is 0.887. The second-order valence-electron chi connectivity index (χ2n) is 5.14. The summed E-state index contributed by atoms with van der Waals surface area (Å²) in [7, 11) is 0. The number of amides is 1. The highest BCUT2D eigenvalue weighted by Gasteiger charge is 2.37. The number of benzene rings is 1. The van der Waals surface area contributed by atoms with Crippen molar-refractivity contribution in [3.63, 3.8) is 0 Å². The van der Waals surface area contributed by atoms with E-state index in [0.29, 0.717) is 10.6 Å². The Morgan fingerprint density at radius 2 is 2.09 bits per heavy atom. The van der Waals surface area contributed by atoms with Crippen LogP contribution in [0.25, 0.3) is 10.6 Å². The number of nitrogens with one attached hydrogen (secondary N) is 1. The van der Waals surface area contributed by atoms with Gasteiger partial charge in [0, 0.05) is 5.56 Å². The summed E-state index contributed by atoms with van der Waals surface area (Å²) in [5, 5.41) is 12.0. The highest BCUT2D eigenvalue weighted by Crippen LogP contribution is 2.33. The average Bonchev–Trinajstić information content (AvgIpc) is 3.21. The van der Waals surface area contributed by atoms with E-state index in [4.69, 9.17) is 5.11 Å². The van der Waals surface area contributed by atoms with E-state index in [2.05, 4.69) is 10.3 Å². The molecule has 5 nitrogen and oxygen atoms in total. The summed E-state index contributed by atoms with van der Waals surface area (Å²) in [5.74, 6) is -1.93. The van der Waals surface area contributed by atoms with Crippen molar-refractivity contribution in [3.8, 4) is 10.6 Å². The Balaban J connectivity index is 1.77. The number of carbonyl (C=O) groups excluding carboxylic acids is 1. The fourth-order valence-corrected chi connectivity index (χ4v) is 3.01. The molecular formula is C15H13FN2O3S. The van der Waals surface area contributed by atoms with E-state index in [0.717, 1.165) is 24.2 Å². The number of rotatable bonds is 5. The molecule has 1 aliphatic rings. The van der Waals surface area contributed by atoms with Crippen molar-refractivity contribution in [1.82, 2.24) is 10.3 Å². The van der Waals surface area contributed by atoms with Crippen LogP contribution >= 0.6 is 11.3 Å². The number of nitrogens with zero attached hydrogens (tertiary/aromatic N) is 1. The minimum atomic E-state index is -1.03. The molecule has 1 amide bonds. The Morgan fingerprint density at radius 3 is 2.73 bits per heavy atom. The molecule has 0 saturated heterocycles. The van der Waals surface area contributed by atoms with E-state index in [1.54, 1.807) is 18.2 Å². The van der Waals surface area contributed by atoms with Crippen LogP contribution in [0.1, 0.15) is 22.5 Å². The smallest absolute Gasteiger partial charge is 0.326 e. The fourth-order valence-electron chi connectivity index (χ4n) is 2.16. The molecule has 1 fully saturated rings. The standard InChI is InChI=1S/C15H13FN2O3S/c16-10-4-2-1-3-9(10)14-17-7-11(22-14)13(19)18-12(15(20)21)8-5-6-8/h1-4,7-8,12H,5-6H2,(H,18,19)(H,20,21). The molecule has 1 aromatic carbocycles. The predicted molar refractivity (Wildman–Crippen MR) is 79.1 cm³/mol. The third kappa shape index (κ3) is 2.99. The number of hydrogen-bond acceptors (Lipinski definition) is 4. The maximum atomic E-state index is 13.7. The van der Waals surface area contributed by atoms with Crippen molar-refractivity contribution in [3.05, 3.63) is 41.2 Å². The van der Waals surface area contributed by atoms with Gasteiger partial charge in [-0.1, -0.05) is 12.1 Å². The first-order valence-corrected chi connectivity index (χ1v) is 7.62. The highest BCUT2D eigenvalue weighted by atomic mass is 32.1. The summed E-state index contributed by atoms with van der Waals surface area (Å²) in [4.78, 5) is 27.6. The topological polar surface area (TPSA) is 79.3 Å². The molecule has 0 radical (unpaired) electrons. The molecule has 114 valence electrons. The van der Waals surface area contributed by atoms with Crippen LogP contribution in [-0.4, -0.2) is 28.0 Å². The molecule has 0 aliphatic heterocycles. The molecule has 2 aromatic rings. The molecule has 0 bridgehead atoms. The van der Waals surface area contributed by atoms with Crippen molar-refractivity contribution in [2.45, 2.75) is 18.9 Å². The number of halogens is 1. The van der Waals surface area contributed by atoms with E-state index in [1.165, 1.54) is 12.3 Å². The highest BCUT2D eigenvalue weighted by molar-refractivity contribution is 7.16. The molecule has 1 aromatic heterocycles. The Labute approximate surface area is 129 Å². The zero-order valence-electron chi connectivity index (χ0n) is 11.5. The summed E-state index contributed by atoms with van der Waals surface area (Å²) in [6.45, 7) is 0. The second kappa shape index (κ2) is 5.84. The van der Waals surface area contributed by atoms with Gasteiger partial charge in [-0.3, -0.25) is 4.79 Å². The van der Waals surface area contributed by atoms with Gasteiger partial charge in [0.25, 0.3) is 5.91 Å². The summed E-state index contributed by atoms with van der Waals surface area (Å²) < 4.78 is 13.7. The number of carboxylic acids is 1.